The Morgan fingerprint density at radius 2 is 1.78 bits per heavy atom. The summed E-state index contributed by atoms with van der Waals surface area (Å²) in [6, 6.07) is 0. The first-order valence-corrected chi connectivity index (χ1v) is 7.98. The number of ether oxygens (including phenoxy) is 1. The molecule has 0 amide bonds. The van der Waals surface area contributed by atoms with Crippen LogP contribution in [0.3, 0.4) is 0 Å². The Balaban J connectivity index is 1.49. The molecular weight excluding hydrogens is 224 g/mol. The lowest BCUT2D eigenvalue weighted by Gasteiger charge is -2.20. The summed E-state index contributed by atoms with van der Waals surface area (Å²) in [5.41, 5.74) is 0. The smallest absolute Gasteiger partial charge is 0.132 e. The van der Waals surface area contributed by atoms with Crippen LogP contribution in [0.25, 0.3) is 0 Å². The minimum atomic E-state index is 0.455. The number of hydrogen-bond acceptors (Lipinski definition) is 2. The van der Waals surface area contributed by atoms with E-state index in [-0.39, 0.29) is 0 Å². The summed E-state index contributed by atoms with van der Waals surface area (Å²) in [5, 5.41) is 0. The average molecular weight is 252 g/mol. The molecule has 18 heavy (non-hydrogen) atoms. The molecule has 2 heteroatoms. The maximum Gasteiger partial charge on any atom is 0.132 e. The van der Waals surface area contributed by atoms with Crippen molar-refractivity contribution in [2.75, 3.05) is 6.61 Å². The number of Topliss-reactive ketones (excluding diaryl/α,β-unsaturated/α-hetero) is 1. The Morgan fingerprint density at radius 3 is 2.50 bits per heavy atom. The third kappa shape index (κ3) is 5.09. The zero-order chi connectivity index (χ0) is 12.6. The van der Waals surface area contributed by atoms with Crippen molar-refractivity contribution in [3.8, 4) is 0 Å². The van der Waals surface area contributed by atoms with Crippen LogP contribution in [0.4, 0.5) is 0 Å². The molecule has 0 aromatic heterocycles. The predicted molar refractivity (Wildman–Crippen MR) is 73.6 cm³/mol. The standard InChI is InChI=1S/C16H28O2/c17-15(8-4-9-16-10-5-13-18-16)12-11-14-6-2-1-3-7-14/h14,16H,1-13H2. The van der Waals surface area contributed by atoms with Gasteiger partial charge in [-0.3, -0.25) is 4.79 Å². The Hall–Kier alpha value is -0.370. The molecule has 1 saturated carbocycles. The number of hydrogen-bond donors (Lipinski definition) is 0. The van der Waals surface area contributed by atoms with Crippen LogP contribution in [0.15, 0.2) is 0 Å². The number of carbonyl (C=O) groups is 1. The van der Waals surface area contributed by atoms with E-state index in [0.29, 0.717) is 11.9 Å². The molecule has 2 aliphatic rings. The summed E-state index contributed by atoms with van der Waals surface area (Å²) >= 11 is 0. The van der Waals surface area contributed by atoms with E-state index in [1.807, 2.05) is 0 Å². The second-order valence-electron chi connectivity index (χ2n) is 6.11. The lowest BCUT2D eigenvalue weighted by molar-refractivity contribution is -0.119. The number of rotatable bonds is 7. The largest absolute Gasteiger partial charge is 0.378 e. The highest BCUT2D eigenvalue weighted by Crippen LogP contribution is 2.27. The maximum atomic E-state index is 11.8. The van der Waals surface area contributed by atoms with Gasteiger partial charge in [-0.05, 0) is 38.0 Å². The molecule has 1 unspecified atom stereocenters. The van der Waals surface area contributed by atoms with Crippen molar-refractivity contribution in [1.82, 2.24) is 0 Å². The number of carbonyl (C=O) groups excluding carboxylic acids is 1. The van der Waals surface area contributed by atoms with Gasteiger partial charge in [-0.2, -0.15) is 0 Å². The average Bonchev–Trinajstić information content (AvgIpc) is 2.91. The van der Waals surface area contributed by atoms with Crippen LogP contribution in [-0.4, -0.2) is 18.5 Å². The van der Waals surface area contributed by atoms with Crippen molar-refractivity contribution in [3.63, 3.8) is 0 Å². The third-order valence-electron chi connectivity index (χ3n) is 4.56. The molecule has 104 valence electrons. The van der Waals surface area contributed by atoms with Gasteiger partial charge in [0.2, 0.25) is 0 Å². The molecule has 0 N–H and O–H groups in total. The van der Waals surface area contributed by atoms with Gasteiger partial charge >= 0.3 is 0 Å². The van der Waals surface area contributed by atoms with Gasteiger partial charge in [0.15, 0.2) is 0 Å². The van der Waals surface area contributed by atoms with Gasteiger partial charge in [0.25, 0.3) is 0 Å². The van der Waals surface area contributed by atoms with Crippen molar-refractivity contribution in [3.05, 3.63) is 0 Å². The lowest BCUT2D eigenvalue weighted by atomic mass is 9.85. The summed E-state index contributed by atoms with van der Waals surface area (Å²) in [7, 11) is 0. The molecule has 0 radical (unpaired) electrons. The van der Waals surface area contributed by atoms with E-state index in [4.69, 9.17) is 4.74 Å². The topological polar surface area (TPSA) is 26.3 Å². The van der Waals surface area contributed by atoms with Crippen LogP contribution in [0.5, 0.6) is 0 Å². The lowest BCUT2D eigenvalue weighted by Crippen LogP contribution is -2.10. The molecular formula is C16H28O2. The molecule has 1 atom stereocenters. The van der Waals surface area contributed by atoms with E-state index in [1.54, 1.807) is 0 Å². The van der Waals surface area contributed by atoms with Crippen molar-refractivity contribution >= 4 is 5.78 Å². The summed E-state index contributed by atoms with van der Waals surface area (Å²) in [6.45, 7) is 0.931. The zero-order valence-electron chi connectivity index (χ0n) is 11.7. The highest BCUT2D eigenvalue weighted by molar-refractivity contribution is 5.78. The first kappa shape index (κ1) is 14.0. The Morgan fingerprint density at radius 1 is 0.944 bits per heavy atom. The SMILES string of the molecule is O=C(CCCC1CCCO1)CCC1CCCCC1. The van der Waals surface area contributed by atoms with E-state index in [0.717, 1.165) is 44.6 Å². The molecule has 1 aliphatic carbocycles. The highest BCUT2D eigenvalue weighted by atomic mass is 16.5. The van der Waals surface area contributed by atoms with Gasteiger partial charge in [-0.15, -0.1) is 0 Å². The van der Waals surface area contributed by atoms with E-state index in [2.05, 4.69) is 0 Å². The second kappa shape index (κ2) is 7.93. The first-order valence-electron chi connectivity index (χ1n) is 7.98. The molecule has 0 aromatic carbocycles. The van der Waals surface area contributed by atoms with E-state index < -0.39 is 0 Å². The maximum absolute atomic E-state index is 11.8. The molecule has 0 spiro atoms. The van der Waals surface area contributed by atoms with Gasteiger partial charge in [-0.25, -0.2) is 0 Å². The highest BCUT2D eigenvalue weighted by Gasteiger charge is 2.17. The Bertz CT molecular complexity index is 237. The molecule has 0 bridgehead atoms. The molecule has 2 nitrogen and oxygen atoms in total. The van der Waals surface area contributed by atoms with Crippen molar-refractivity contribution < 1.29 is 9.53 Å². The fraction of sp³-hybridized carbons (Fsp3) is 0.938. The monoisotopic (exact) mass is 252 g/mol. The van der Waals surface area contributed by atoms with Gasteiger partial charge < -0.3 is 4.74 Å². The van der Waals surface area contributed by atoms with Crippen LogP contribution >= 0.6 is 0 Å². The summed E-state index contributed by atoms with van der Waals surface area (Å²) < 4.78 is 5.58. The van der Waals surface area contributed by atoms with Crippen LogP contribution in [0.1, 0.15) is 77.0 Å². The number of ketones is 1. The fourth-order valence-corrected chi connectivity index (χ4v) is 3.36. The molecule has 1 aliphatic heterocycles. The van der Waals surface area contributed by atoms with E-state index in [1.165, 1.54) is 44.9 Å². The van der Waals surface area contributed by atoms with E-state index >= 15 is 0 Å². The molecule has 1 heterocycles. The quantitative estimate of drug-likeness (QED) is 0.676. The molecule has 2 rings (SSSR count). The van der Waals surface area contributed by atoms with Crippen LogP contribution in [0, 0.1) is 5.92 Å². The van der Waals surface area contributed by atoms with Gasteiger partial charge in [0.05, 0.1) is 6.10 Å². The first-order chi connectivity index (χ1) is 8.84. The molecule has 1 saturated heterocycles. The normalized spacial score (nSPS) is 25.4. The predicted octanol–water partition coefficient (Wildman–Crippen LogP) is 4.27. The van der Waals surface area contributed by atoms with Crippen LogP contribution < -0.4 is 0 Å². The van der Waals surface area contributed by atoms with Crippen LogP contribution in [0.2, 0.25) is 0 Å². The second-order valence-corrected chi connectivity index (χ2v) is 6.11. The minimum Gasteiger partial charge on any atom is -0.378 e. The van der Waals surface area contributed by atoms with Gasteiger partial charge in [0.1, 0.15) is 5.78 Å². The van der Waals surface area contributed by atoms with Crippen LogP contribution in [-0.2, 0) is 9.53 Å². The Labute approximate surface area is 111 Å². The summed E-state index contributed by atoms with van der Waals surface area (Å²) in [5.74, 6) is 1.33. The van der Waals surface area contributed by atoms with Crippen molar-refractivity contribution in [1.29, 1.82) is 0 Å². The van der Waals surface area contributed by atoms with Crippen molar-refractivity contribution in [2.24, 2.45) is 5.92 Å². The minimum absolute atomic E-state index is 0.455. The summed E-state index contributed by atoms with van der Waals surface area (Å²) in [4.78, 5) is 11.8. The fourth-order valence-electron chi connectivity index (χ4n) is 3.36. The summed E-state index contributed by atoms with van der Waals surface area (Å²) in [6.07, 6.45) is 14.7. The third-order valence-corrected chi connectivity index (χ3v) is 4.56. The zero-order valence-corrected chi connectivity index (χ0v) is 11.7. The van der Waals surface area contributed by atoms with E-state index in [9.17, 15) is 4.79 Å². The molecule has 2 fully saturated rings. The molecule has 0 aromatic rings. The van der Waals surface area contributed by atoms with Gasteiger partial charge in [-0.1, -0.05) is 32.1 Å². The van der Waals surface area contributed by atoms with Gasteiger partial charge in [0, 0.05) is 19.4 Å². The Kier molecular flexibility index (Phi) is 6.19. The van der Waals surface area contributed by atoms with Crippen molar-refractivity contribution in [2.45, 2.75) is 83.2 Å².